The van der Waals surface area contributed by atoms with Crippen molar-refractivity contribution in [2.45, 2.75) is 27.7 Å². The smallest absolute Gasteiger partial charge is 0.0317 e. The fourth-order valence-corrected chi connectivity index (χ4v) is 2.64. The van der Waals surface area contributed by atoms with E-state index in [0.717, 1.165) is 11.4 Å². The monoisotopic (exact) mass is 318 g/mol. The van der Waals surface area contributed by atoms with Crippen LogP contribution in [0.1, 0.15) is 22.3 Å². The van der Waals surface area contributed by atoms with Gasteiger partial charge in [0, 0.05) is 11.4 Å². The Morgan fingerprint density at radius 1 is 0.500 bits per heavy atom. The van der Waals surface area contributed by atoms with Crippen molar-refractivity contribution in [3.63, 3.8) is 0 Å². The molecule has 4 N–H and O–H groups in total. The fraction of sp³-hybridized carbons (Fsp3) is 0.182. The van der Waals surface area contributed by atoms with Gasteiger partial charge >= 0.3 is 0 Å². The molecule has 3 rings (SSSR count). The predicted octanol–water partition coefficient (Wildman–Crippen LogP) is 5.44. The Labute approximate surface area is 145 Å². The molecular formula is C22H26N2. The zero-order chi connectivity index (χ0) is 17.7. The Morgan fingerprint density at radius 2 is 0.875 bits per heavy atom. The molecule has 0 aliphatic carbocycles. The quantitative estimate of drug-likeness (QED) is 0.587. The van der Waals surface area contributed by atoms with Crippen molar-refractivity contribution in [1.29, 1.82) is 0 Å². The minimum absolute atomic E-state index is 0.800. The summed E-state index contributed by atoms with van der Waals surface area (Å²) in [4.78, 5) is 0. The lowest BCUT2D eigenvalue weighted by atomic mass is 9.96. The average Bonchev–Trinajstić information content (AvgIpc) is 2.52. The van der Waals surface area contributed by atoms with E-state index in [4.69, 9.17) is 11.5 Å². The van der Waals surface area contributed by atoms with Crippen molar-refractivity contribution in [1.82, 2.24) is 0 Å². The van der Waals surface area contributed by atoms with Crippen LogP contribution in [0.2, 0.25) is 0 Å². The molecule has 3 aromatic carbocycles. The van der Waals surface area contributed by atoms with Crippen LogP contribution in [-0.4, -0.2) is 0 Å². The maximum atomic E-state index is 5.75. The predicted molar refractivity (Wildman–Crippen MR) is 106 cm³/mol. The van der Waals surface area contributed by atoms with Gasteiger partial charge in [0.2, 0.25) is 0 Å². The number of rotatable bonds is 1. The van der Waals surface area contributed by atoms with E-state index in [0.29, 0.717) is 0 Å². The third-order valence-corrected chi connectivity index (χ3v) is 4.22. The zero-order valence-corrected chi connectivity index (χ0v) is 14.9. The molecule has 0 radical (unpaired) electrons. The Morgan fingerprint density at radius 3 is 1.17 bits per heavy atom. The van der Waals surface area contributed by atoms with Crippen LogP contribution in [0.5, 0.6) is 0 Å². The van der Waals surface area contributed by atoms with Crippen LogP contribution < -0.4 is 11.5 Å². The molecule has 0 amide bonds. The number of benzene rings is 3. The summed E-state index contributed by atoms with van der Waals surface area (Å²) in [7, 11) is 0. The second-order valence-electron chi connectivity index (χ2n) is 6.23. The van der Waals surface area contributed by atoms with Crippen molar-refractivity contribution in [3.8, 4) is 11.1 Å². The molecule has 0 aromatic heterocycles. The van der Waals surface area contributed by atoms with E-state index in [1.165, 1.54) is 33.4 Å². The van der Waals surface area contributed by atoms with E-state index in [1.807, 2.05) is 24.3 Å². The maximum absolute atomic E-state index is 5.75. The van der Waals surface area contributed by atoms with Crippen LogP contribution in [0.25, 0.3) is 11.1 Å². The SMILES string of the molecule is Cc1cc(N)ccc1-c1ccc(N)cc1C.Cc1ccccc1C. The van der Waals surface area contributed by atoms with E-state index in [1.54, 1.807) is 0 Å². The molecule has 24 heavy (non-hydrogen) atoms. The summed E-state index contributed by atoms with van der Waals surface area (Å²) in [6.45, 7) is 8.38. The van der Waals surface area contributed by atoms with Crippen LogP contribution >= 0.6 is 0 Å². The van der Waals surface area contributed by atoms with Gasteiger partial charge in [-0.25, -0.2) is 0 Å². The lowest BCUT2D eigenvalue weighted by Crippen LogP contribution is -1.92. The molecule has 0 fully saturated rings. The summed E-state index contributed by atoms with van der Waals surface area (Å²) in [6, 6.07) is 20.3. The van der Waals surface area contributed by atoms with Gasteiger partial charge in [0.1, 0.15) is 0 Å². The number of nitrogen functional groups attached to an aromatic ring is 2. The van der Waals surface area contributed by atoms with E-state index in [9.17, 15) is 0 Å². The first kappa shape index (κ1) is 17.6. The molecule has 0 aliphatic rings. The molecule has 0 spiro atoms. The maximum Gasteiger partial charge on any atom is 0.0317 e. The van der Waals surface area contributed by atoms with E-state index < -0.39 is 0 Å². The molecule has 0 heterocycles. The molecule has 2 heteroatoms. The van der Waals surface area contributed by atoms with Crippen LogP contribution in [0.4, 0.5) is 11.4 Å². The van der Waals surface area contributed by atoms with Crippen molar-refractivity contribution in [3.05, 3.63) is 82.9 Å². The Hall–Kier alpha value is -2.74. The van der Waals surface area contributed by atoms with Gasteiger partial charge in [-0.2, -0.15) is 0 Å². The van der Waals surface area contributed by atoms with Gasteiger partial charge in [0.15, 0.2) is 0 Å². The highest BCUT2D eigenvalue weighted by atomic mass is 14.5. The summed E-state index contributed by atoms with van der Waals surface area (Å²) in [5.74, 6) is 0. The second-order valence-corrected chi connectivity index (χ2v) is 6.23. The van der Waals surface area contributed by atoms with E-state index in [-0.39, 0.29) is 0 Å². The molecule has 0 saturated carbocycles. The number of hydrogen-bond donors (Lipinski definition) is 2. The van der Waals surface area contributed by atoms with Gasteiger partial charge in [-0.05, 0) is 85.3 Å². The third kappa shape index (κ3) is 4.39. The second kappa shape index (κ2) is 7.69. The molecule has 0 atom stereocenters. The molecular weight excluding hydrogens is 292 g/mol. The third-order valence-electron chi connectivity index (χ3n) is 4.22. The number of nitrogens with two attached hydrogens (primary N) is 2. The van der Waals surface area contributed by atoms with Crippen LogP contribution in [0, 0.1) is 27.7 Å². The summed E-state index contributed by atoms with van der Waals surface area (Å²) >= 11 is 0. The standard InChI is InChI=1S/C14H16N2.C8H10/c1-9-7-11(15)3-5-13(9)14-6-4-12(16)8-10(14)2;1-7-5-3-4-6-8(7)2/h3-8H,15-16H2,1-2H3;3-6H,1-2H3. The van der Waals surface area contributed by atoms with Gasteiger partial charge in [0.25, 0.3) is 0 Å². The lowest BCUT2D eigenvalue weighted by molar-refractivity contribution is 1.34. The number of aryl methyl sites for hydroxylation is 4. The minimum atomic E-state index is 0.800. The first-order chi connectivity index (χ1) is 11.4. The molecule has 124 valence electrons. The van der Waals surface area contributed by atoms with Gasteiger partial charge in [-0.3, -0.25) is 0 Å². The molecule has 0 saturated heterocycles. The highest BCUT2D eigenvalue weighted by molar-refractivity contribution is 5.73. The Bertz CT molecular complexity index is 765. The van der Waals surface area contributed by atoms with Crippen LogP contribution in [-0.2, 0) is 0 Å². The molecule has 0 bridgehead atoms. The Balaban J connectivity index is 0.000000219. The fourth-order valence-electron chi connectivity index (χ4n) is 2.64. The number of hydrogen-bond acceptors (Lipinski definition) is 2. The van der Waals surface area contributed by atoms with Crippen molar-refractivity contribution < 1.29 is 0 Å². The first-order valence-electron chi connectivity index (χ1n) is 8.13. The van der Waals surface area contributed by atoms with Crippen molar-refractivity contribution in [2.24, 2.45) is 0 Å². The zero-order valence-electron chi connectivity index (χ0n) is 14.9. The Kier molecular flexibility index (Phi) is 5.64. The summed E-state index contributed by atoms with van der Waals surface area (Å²) in [5, 5.41) is 0. The van der Waals surface area contributed by atoms with Crippen LogP contribution in [0.15, 0.2) is 60.7 Å². The highest BCUT2D eigenvalue weighted by Crippen LogP contribution is 2.28. The summed E-state index contributed by atoms with van der Waals surface area (Å²) in [5.41, 5.74) is 20.6. The van der Waals surface area contributed by atoms with Gasteiger partial charge in [0.05, 0.1) is 0 Å². The van der Waals surface area contributed by atoms with Gasteiger partial charge in [-0.15, -0.1) is 0 Å². The normalized spacial score (nSPS) is 10.0. The molecule has 0 aliphatic heterocycles. The van der Waals surface area contributed by atoms with Crippen LogP contribution in [0.3, 0.4) is 0 Å². The average molecular weight is 318 g/mol. The van der Waals surface area contributed by atoms with Crippen molar-refractivity contribution >= 4 is 11.4 Å². The van der Waals surface area contributed by atoms with Crippen molar-refractivity contribution in [2.75, 3.05) is 11.5 Å². The minimum Gasteiger partial charge on any atom is -0.399 e. The number of anilines is 2. The highest BCUT2D eigenvalue weighted by Gasteiger charge is 2.05. The van der Waals surface area contributed by atoms with E-state index >= 15 is 0 Å². The van der Waals surface area contributed by atoms with Gasteiger partial charge < -0.3 is 11.5 Å². The molecule has 3 aromatic rings. The molecule has 0 unspecified atom stereocenters. The topological polar surface area (TPSA) is 52.0 Å². The van der Waals surface area contributed by atoms with E-state index in [2.05, 4.69) is 64.1 Å². The largest absolute Gasteiger partial charge is 0.399 e. The first-order valence-corrected chi connectivity index (χ1v) is 8.13. The molecule has 2 nitrogen and oxygen atoms in total. The lowest BCUT2D eigenvalue weighted by Gasteiger charge is -2.10. The summed E-state index contributed by atoms with van der Waals surface area (Å²) in [6.07, 6.45) is 0. The van der Waals surface area contributed by atoms with Gasteiger partial charge in [-0.1, -0.05) is 36.4 Å². The summed E-state index contributed by atoms with van der Waals surface area (Å²) < 4.78 is 0.